The summed E-state index contributed by atoms with van der Waals surface area (Å²) in [4.78, 5) is 0. The molecule has 0 atom stereocenters. The third-order valence-electron chi connectivity index (χ3n) is 5.84. The van der Waals surface area contributed by atoms with E-state index in [2.05, 4.69) is 23.6 Å². The average Bonchev–Trinajstić information content (AvgIpc) is 2.69. The van der Waals surface area contributed by atoms with Gasteiger partial charge in [0, 0.05) is 26.6 Å². The first-order valence-electron chi connectivity index (χ1n) is 12.6. The molecule has 0 N–H and O–H groups in total. The van der Waals surface area contributed by atoms with Crippen LogP contribution in [0.2, 0.25) is 12.1 Å². The van der Waals surface area contributed by atoms with Crippen LogP contribution in [0, 0.1) is 0 Å². The first-order valence-corrected chi connectivity index (χ1v) is 18.0. The average molecular weight is 423 g/mol. The first-order chi connectivity index (χ1) is 13.3. The van der Waals surface area contributed by atoms with E-state index < -0.39 is 0 Å². The molecule has 0 aromatic heterocycles. The molecule has 0 unspecified atom stereocenters. The van der Waals surface area contributed by atoms with E-state index in [4.69, 9.17) is 0 Å². The Morgan fingerprint density at radius 1 is 0.444 bits per heavy atom. The van der Waals surface area contributed by atoms with E-state index >= 15 is 0 Å². The Kier molecular flexibility index (Phi) is 25.3. The summed E-state index contributed by atoms with van der Waals surface area (Å²) in [5, 5.41) is 0. The maximum absolute atomic E-state index is 3.89. The van der Waals surface area contributed by atoms with Gasteiger partial charge in [-0.15, -0.1) is 0 Å². The smallest absolute Gasteiger partial charge is 0.0303 e. The van der Waals surface area contributed by atoms with Gasteiger partial charge in [-0.3, -0.25) is 0 Å². The minimum atomic E-state index is -0.0570. The van der Waals surface area contributed by atoms with Crippen LogP contribution >= 0.6 is 0 Å². The van der Waals surface area contributed by atoms with Crippen LogP contribution in [0.25, 0.3) is 0 Å². The summed E-state index contributed by atoms with van der Waals surface area (Å²) in [5.74, 6) is 0. The molecule has 0 rings (SSSR count). The van der Waals surface area contributed by atoms with E-state index in [1.54, 1.807) is 12.1 Å². The van der Waals surface area contributed by atoms with Gasteiger partial charge >= 0.3 is 0 Å². The summed E-state index contributed by atoms with van der Waals surface area (Å²) < 4.78 is 0. The minimum absolute atomic E-state index is 0.0570. The predicted octanol–water partition coefficient (Wildman–Crippen LogP) is 8.61. The van der Waals surface area contributed by atoms with Crippen LogP contribution < -0.4 is 0 Å². The fourth-order valence-electron chi connectivity index (χ4n) is 3.90. The van der Waals surface area contributed by atoms with Crippen molar-refractivity contribution < 1.29 is 0 Å². The molecule has 0 aromatic carbocycles. The lowest BCUT2D eigenvalue weighted by molar-refractivity contribution is 0.560. The summed E-state index contributed by atoms with van der Waals surface area (Å²) in [7, 11) is 4.91. The van der Waals surface area contributed by atoms with Gasteiger partial charge in [-0.1, -0.05) is 154 Å². The molecule has 0 bridgehead atoms. The topological polar surface area (TPSA) is 0 Å². The van der Waals surface area contributed by atoms with Crippen LogP contribution in [0.3, 0.4) is 0 Å². The largest absolute Gasteiger partial charge is 0.0654 e. The van der Waals surface area contributed by atoms with Crippen LogP contribution in [0.15, 0.2) is 0 Å². The van der Waals surface area contributed by atoms with Gasteiger partial charge in [0.15, 0.2) is 0 Å². The molecule has 0 aromatic rings. The van der Waals surface area contributed by atoms with Gasteiger partial charge in [0.2, 0.25) is 0 Å². The SMILES string of the molecule is CCCCCCCCCCCC[Si](CCCCCCCCCCCC)[Si][Si]. The van der Waals surface area contributed by atoms with Crippen LogP contribution in [0.5, 0.6) is 0 Å². The molecule has 6 radical (unpaired) electrons. The van der Waals surface area contributed by atoms with Gasteiger partial charge in [0.1, 0.15) is 0 Å². The number of hydrogen-bond donors (Lipinski definition) is 0. The van der Waals surface area contributed by atoms with Crippen molar-refractivity contribution in [1.29, 1.82) is 0 Å². The molecular formula is C24H50Si3. The molecule has 0 aliphatic heterocycles. The third-order valence-corrected chi connectivity index (χ3v) is 13.9. The van der Waals surface area contributed by atoms with Gasteiger partial charge in [-0.2, -0.15) is 0 Å². The molecule has 158 valence electrons. The highest BCUT2D eigenvalue weighted by atomic mass is 29.5. The molecular weight excluding hydrogens is 373 g/mol. The predicted molar refractivity (Wildman–Crippen MR) is 131 cm³/mol. The van der Waals surface area contributed by atoms with E-state index in [-0.39, 0.29) is 8.31 Å². The van der Waals surface area contributed by atoms with Crippen molar-refractivity contribution in [2.75, 3.05) is 0 Å². The zero-order valence-corrected chi connectivity index (χ0v) is 22.1. The standard InChI is InChI=1S/C24H50Si3/c1-3-5-7-9-11-13-15-17-19-21-23-27(26-25)24-22-20-18-16-14-12-10-8-6-4-2/h3-24H2,1-2H3. The molecule has 0 spiro atoms. The number of unbranched alkanes of at least 4 members (excludes halogenated alkanes) is 18. The molecule has 3 heteroatoms. The zero-order chi connectivity index (χ0) is 19.8. The van der Waals surface area contributed by atoms with Crippen molar-refractivity contribution in [1.82, 2.24) is 0 Å². The Labute approximate surface area is 180 Å². The highest BCUT2D eigenvalue weighted by Gasteiger charge is 2.08. The van der Waals surface area contributed by atoms with E-state index in [0.29, 0.717) is 0 Å². The third kappa shape index (κ3) is 22.8. The molecule has 0 nitrogen and oxygen atoms in total. The minimum Gasteiger partial charge on any atom is -0.0654 e. The van der Waals surface area contributed by atoms with Gasteiger partial charge in [0.25, 0.3) is 0 Å². The number of hydrogen-bond acceptors (Lipinski definition) is 0. The summed E-state index contributed by atoms with van der Waals surface area (Å²) in [6.07, 6.45) is 29.4. The van der Waals surface area contributed by atoms with Crippen molar-refractivity contribution in [2.24, 2.45) is 0 Å². The van der Waals surface area contributed by atoms with Crippen molar-refractivity contribution in [3.63, 3.8) is 0 Å². The first kappa shape index (κ1) is 27.7. The van der Waals surface area contributed by atoms with Crippen molar-refractivity contribution in [3.8, 4) is 0 Å². The van der Waals surface area contributed by atoms with Crippen LogP contribution in [0.4, 0.5) is 0 Å². The molecule has 0 aliphatic carbocycles. The Hall–Kier alpha value is 0.651. The fourth-order valence-corrected chi connectivity index (χ4v) is 9.82. The molecule has 0 aliphatic rings. The Bertz CT molecular complexity index is 234. The summed E-state index contributed by atoms with van der Waals surface area (Å²) in [6, 6.07) is 3.14. The second-order valence-corrected chi connectivity index (χ2v) is 16.2. The van der Waals surface area contributed by atoms with Gasteiger partial charge < -0.3 is 0 Å². The molecule has 0 amide bonds. The second-order valence-electron chi connectivity index (χ2n) is 8.59. The van der Waals surface area contributed by atoms with E-state index in [1.165, 1.54) is 128 Å². The maximum atomic E-state index is 3.89. The van der Waals surface area contributed by atoms with Crippen molar-refractivity contribution in [3.05, 3.63) is 0 Å². The quantitative estimate of drug-likeness (QED) is 0.114. The van der Waals surface area contributed by atoms with Crippen LogP contribution in [0.1, 0.15) is 142 Å². The van der Waals surface area contributed by atoms with Crippen molar-refractivity contribution >= 4 is 26.6 Å². The van der Waals surface area contributed by atoms with E-state index in [1.807, 2.05) is 0 Å². The lowest BCUT2D eigenvalue weighted by Crippen LogP contribution is -2.22. The highest BCUT2D eigenvalue weighted by Crippen LogP contribution is 2.16. The summed E-state index contributed by atoms with van der Waals surface area (Å²) >= 11 is 0. The Morgan fingerprint density at radius 3 is 0.963 bits per heavy atom. The fraction of sp³-hybridized carbons (Fsp3) is 1.00. The normalized spacial score (nSPS) is 11.6. The highest BCUT2D eigenvalue weighted by molar-refractivity contribution is 7.31. The molecule has 0 saturated heterocycles. The van der Waals surface area contributed by atoms with Gasteiger partial charge in [0.05, 0.1) is 0 Å². The summed E-state index contributed by atoms with van der Waals surface area (Å²) in [6.45, 7) is 4.61. The van der Waals surface area contributed by atoms with Gasteiger partial charge in [-0.25, -0.2) is 0 Å². The maximum Gasteiger partial charge on any atom is 0.0303 e. The van der Waals surface area contributed by atoms with Crippen LogP contribution in [-0.4, -0.2) is 26.6 Å². The molecule has 27 heavy (non-hydrogen) atoms. The number of rotatable bonds is 23. The monoisotopic (exact) mass is 422 g/mol. The van der Waals surface area contributed by atoms with E-state index in [9.17, 15) is 0 Å². The van der Waals surface area contributed by atoms with Crippen molar-refractivity contribution in [2.45, 2.75) is 154 Å². The molecule has 0 saturated carbocycles. The van der Waals surface area contributed by atoms with Crippen LogP contribution in [-0.2, 0) is 0 Å². The van der Waals surface area contributed by atoms with E-state index in [0.717, 1.165) is 8.55 Å². The Balaban J connectivity index is 3.28. The Morgan fingerprint density at radius 2 is 0.704 bits per heavy atom. The molecule has 0 fully saturated rings. The molecule has 0 heterocycles. The second kappa shape index (κ2) is 24.7. The summed E-state index contributed by atoms with van der Waals surface area (Å²) in [5.41, 5.74) is 0. The zero-order valence-electron chi connectivity index (χ0n) is 19.1. The lowest BCUT2D eigenvalue weighted by Gasteiger charge is -2.12. The lowest BCUT2D eigenvalue weighted by atomic mass is 10.1. The van der Waals surface area contributed by atoms with Gasteiger partial charge in [-0.05, 0) is 0 Å².